The minimum absolute atomic E-state index is 0.699. The molecule has 142 valence electrons. The Labute approximate surface area is 173 Å². The van der Waals surface area contributed by atoms with Gasteiger partial charge >= 0.3 is 0 Å². The maximum Gasteiger partial charge on any atom is 0.171 e. The first kappa shape index (κ1) is 18.7. The van der Waals surface area contributed by atoms with Crippen molar-refractivity contribution < 1.29 is 0 Å². The quantitative estimate of drug-likeness (QED) is 0.442. The second-order valence-corrected chi connectivity index (χ2v) is 8.16. The smallest absolute Gasteiger partial charge is 0.171 e. The number of hydrogen-bond donors (Lipinski definition) is 1. The van der Waals surface area contributed by atoms with E-state index in [0.29, 0.717) is 5.82 Å². The number of thiophene rings is 1. The number of nitrogens with one attached hydrogen (secondary N) is 1. The van der Waals surface area contributed by atoms with Gasteiger partial charge in [0.1, 0.15) is 5.82 Å². The van der Waals surface area contributed by atoms with Crippen molar-refractivity contribution >= 4 is 34.4 Å². The number of rotatable bonds is 6. The van der Waals surface area contributed by atoms with E-state index in [2.05, 4.69) is 46.6 Å². The summed E-state index contributed by atoms with van der Waals surface area (Å²) < 4.78 is 2.64. The van der Waals surface area contributed by atoms with E-state index in [1.165, 1.54) is 16.9 Å². The van der Waals surface area contributed by atoms with Gasteiger partial charge in [-0.15, -0.1) is 11.3 Å². The first-order valence-corrected chi connectivity index (χ1v) is 10.3. The Balaban J connectivity index is 1.60. The van der Waals surface area contributed by atoms with Crippen LogP contribution in [-0.2, 0) is 13.0 Å². The molecule has 4 rings (SSSR count). The van der Waals surface area contributed by atoms with E-state index in [9.17, 15) is 0 Å². The molecule has 1 N–H and O–H groups in total. The summed E-state index contributed by atoms with van der Waals surface area (Å²) in [4.78, 5) is 10.4. The number of nitrogens with zero attached hydrogens (tertiary/aromatic N) is 4. The molecule has 0 saturated carbocycles. The Bertz CT molecular complexity index is 1070. The van der Waals surface area contributed by atoms with E-state index in [1.54, 1.807) is 6.20 Å². The Hall–Kier alpha value is -2.70. The third-order valence-electron chi connectivity index (χ3n) is 4.48. The number of aromatic nitrogens is 4. The van der Waals surface area contributed by atoms with E-state index in [4.69, 9.17) is 16.6 Å². The van der Waals surface area contributed by atoms with Gasteiger partial charge in [0, 0.05) is 29.3 Å². The zero-order valence-electron chi connectivity index (χ0n) is 15.7. The van der Waals surface area contributed by atoms with Crippen LogP contribution >= 0.6 is 22.9 Å². The van der Waals surface area contributed by atoms with Gasteiger partial charge in [0.05, 0.1) is 15.8 Å². The Morgan fingerprint density at radius 2 is 1.93 bits per heavy atom. The van der Waals surface area contributed by atoms with Gasteiger partial charge in [-0.05, 0) is 49.2 Å². The van der Waals surface area contributed by atoms with Gasteiger partial charge in [-0.2, -0.15) is 5.10 Å². The van der Waals surface area contributed by atoms with Crippen LogP contribution in [-0.4, -0.2) is 19.7 Å². The Morgan fingerprint density at radius 1 is 1.11 bits per heavy atom. The number of aryl methyl sites for hydroxylation is 1. The standard InChI is InChI=1S/C21H20ClN5S/c1-3-17-14(2)24-21(18-9-10-19(22)28-18)26-20(17)25-16-7-5-15(6-8-16)13-27-12-4-11-23-27/h4-12H,3,13H2,1-2H3,(H,24,25,26). The van der Waals surface area contributed by atoms with Crippen LogP contribution in [0.25, 0.3) is 10.7 Å². The normalized spacial score (nSPS) is 11.0. The largest absolute Gasteiger partial charge is 0.340 e. The molecule has 0 amide bonds. The molecule has 0 saturated heterocycles. The number of anilines is 2. The predicted molar refractivity (Wildman–Crippen MR) is 116 cm³/mol. The van der Waals surface area contributed by atoms with E-state index < -0.39 is 0 Å². The summed E-state index contributed by atoms with van der Waals surface area (Å²) in [6.07, 6.45) is 4.61. The Kier molecular flexibility index (Phi) is 5.41. The highest BCUT2D eigenvalue weighted by molar-refractivity contribution is 7.19. The molecule has 0 spiro atoms. The summed E-state index contributed by atoms with van der Waals surface area (Å²) in [6.45, 7) is 4.90. The van der Waals surface area contributed by atoms with Crippen LogP contribution in [0.5, 0.6) is 0 Å². The minimum Gasteiger partial charge on any atom is -0.340 e. The van der Waals surface area contributed by atoms with Gasteiger partial charge < -0.3 is 5.32 Å². The summed E-state index contributed by atoms with van der Waals surface area (Å²) in [6, 6.07) is 14.1. The van der Waals surface area contributed by atoms with E-state index in [-0.39, 0.29) is 0 Å². The van der Waals surface area contributed by atoms with Crippen molar-refractivity contribution in [1.82, 2.24) is 19.7 Å². The number of benzene rings is 1. The van der Waals surface area contributed by atoms with Gasteiger partial charge in [-0.1, -0.05) is 30.7 Å². The van der Waals surface area contributed by atoms with E-state index in [0.717, 1.165) is 44.9 Å². The van der Waals surface area contributed by atoms with Crippen molar-refractivity contribution in [2.24, 2.45) is 0 Å². The predicted octanol–water partition coefficient (Wildman–Crippen LogP) is 5.72. The average molecular weight is 410 g/mol. The van der Waals surface area contributed by atoms with E-state index in [1.807, 2.05) is 36.0 Å². The molecular weight excluding hydrogens is 390 g/mol. The molecule has 3 aromatic heterocycles. The summed E-state index contributed by atoms with van der Waals surface area (Å²) in [5.41, 5.74) is 4.28. The fourth-order valence-corrected chi connectivity index (χ4v) is 4.06. The van der Waals surface area contributed by atoms with Crippen molar-refractivity contribution in [1.29, 1.82) is 0 Å². The zero-order valence-corrected chi connectivity index (χ0v) is 17.3. The topological polar surface area (TPSA) is 55.6 Å². The molecule has 0 aliphatic rings. The highest BCUT2D eigenvalue weighted by Gasteiger charge is 2.13. The molecular formula is C21H20ClN5S. The summed E-state index contributed by atoms with van der Waals surface area (Å²) in [5, 5.41) is 7.72. The lowest BCUT2D eigenvalue weighted by Gasteiger charge is -2.14. The average Bonchev–Trinajstić information content (AvgIpc) is 3.35. The third kappa shape index (κ3) is 4.08. The lowest BCUT2D eigenvalue weighted by molar-refractivity contribution is 0.687. The molecule has 0 fully saturated rings. The summed E-state index contributed by atoms with van der Waals surface area (Å²) >= 11 is 7.57. The van der Waals surface area contributed by atoms with Crippen LogP contribution in [0.2, 0.25) is 4.34 Å². The van der Waals surface area contributed by atoms with Crippen molar-refractivity contribution in [2.45, 2.75) is 26.8 Å². The first-order valence-electron chi connectivity index (χ1n) is 9.09. The van der Waals surface area contributed by atoms with Crippen molar-refractivity contribution in [2.75, 3.05) is 5.32 Å². The molecule has 0 aliphatic carbocycles. The lowest BCUT2D eigenvalue weighted by atomic mass is 10.1. The van der Waals surface area contributed by atoms with Crippen LogP contribution in [0.3, 0.4) is 0 Å². The molecule has 4 aromatic rings. The molecule has 1 aromatic carbocycles. The van der Waals surface area contributed by atoms with Crippen LogP contribution in [0.15, 0.2) is 54.9 Å². The second-order valence-electron chi connectivity index (χ2n) is 6.44. The lowest BCUT2D eigenvalue weighted by Crippen LogP contribution is -2.05. The fourth-order valence-electron chi connectivity index (χ4n) is 3.08. The van der Waals surface area contributed by atoms with Gasteiger partial charge in [0.15, 0.2) is 5.82 Å². The van der Waals surface area contributed by atoms with Crippen molar-refractivity contribution in [3.8, 4) is 10.7 Å². The molecule has 0 radical (unpaired) electrons. The van der Waals surface area contributed by atoms with Crippen LogP contribution in [0, 0.1) is 6.92 Å². The van der Waals surface area contributed by atoms with Crippen molar-refractivity contribution in [3.05, 3.63) is 76.0 Å². The maximum atomic E-state index is 6.08. The van der Waals surface area contributed by atoms with Gasteiger partial charge in [-0.25, -0.2) is 9.97 Å². The van der Waals surface area contributed by atoms with Crippen LogP contribution in [0.4, 0.5) is 11.5 Å². The highest BCUT2D eigenvalue weighted by atomic mass is 35.5. The fraction of sp³-hybridized carbons (Fsp3) is 0.190. The molecule has 0 bridgehead atoms. The number of hydrogen-bond acceptors (Lipinski definition) is 5. The van der Waals surface area contributed by atoms with Gasteiger partial charge in [0.25, 0.3) is 0 Å². The SMILES string of the molecule is CCc1c(C)nc(-c2ccc(Cl)s2)nc1Nc1ccc(Cn2cccn2)cc1. The monoisotopic (exact) mass is 409 g/mol. The summed E-state index contributed by atoms with van der Waals surface area (Å²) in [7, 11) is 0. The molecule has 7 heteroatoms. The van der Waals surface area contributed by atoms with Crippen LogP contribution in [0.1, 0.15) is 23.7 Å². The Morgan fingerprint density at radius 3 is 2.57 bits per heavy atom. The molecule has 0 unspecified atom stereocenters. The third-order valence-corrected chi connectivity index (χ3v) is 5.71. The maximum absolute atomic E-state index is 6.08. The van der Waals surface area contributed by atoms with Crippen molar-refractivity contribution in [3.63, 3.8) is 0 Å². The van der Waals surface area contributed by atoms with E-state index >= 15 is 0 Å². The highest BCUT2D eigenvalue weighted by Crippen LogP contribution is 2.31. The first-order chi connectivity index (χ1) is 13.6. The zero-order chi connectivity index (χ0) is 19.5. The molecule has 0 atom stereocenters. The van der Waals surface area contributed by atoms with Crippen LogP contribution < -0.4 is 5.32 Å². The van der Waals surface area contributed by atoms with Gasteiger partial charge in [-0.3, -0.25) is 4.68 Å². The molecule has 3 heterocycles. The molecule has 0 aliphatic heterocycles. The molecule has 28 heavy (non-hydrogen) atoms. The van der Waals surface area contributed by atoms with Gasteiger partial charge in [0.2, 0.25) is 0 Å². The molecule has 5 nitrogen and oxygen atoms in total. The number of halogens is 1. The second kappa shape index (κ2) is 8.12. The summed E-state index contributed by atoms with van der Waals surface area (Å²) in [5.74, 6) is 1.54. The minimum atomic E-state index is 0.699.